The average Bonchev–Trinajstić information content (AvgIpc) is 2.58. The van der Waals surface area contributed by atoms with E-state index in [2.05, 4.69) is 36.2 Å². The van der Waals surface area contributed by atoms with Crippen molar-refractivity contribution in [2.24, 2.45) is 0 Å². The second kappa shape index (κ2) is 4.12. The third kappa shape index (κ3) is 2.32. The molecule has 4 nitrogen and oxygen atoms in total. The molecule has 16 heavy (non-hydrogen) atoms. The molecule has 0 atom stereocenters. The number of anilines is 1. The smallest absolute Gasteiger partial charge is 0.243 e. The largest absolute Gasteiger partial charge is 0.348 e. The Morgan fingerprint density at radius 1 is 1.38 bits per heavy atom. The van der Waals surface area contributed by atoms with Gasteiger partial charge in [-0.15, -0.1) is 5.10 Å². The highest BCUT2D eigenvalue weighted by molar-refractivity contribution is 5.43. The van der Waals surface area contributed by atoms with Crippen molar-refractivity contribution in [1.82, 2.24) is 14.6 Å². The molecule has 0 aliphatic carbocycles. The summed E-state index contributed by atoms with van der Waals surface area (Å²) in [6.07, 6.45) is 4.15. The van der Waals surface area contributed by atoms with Crippen LogP contribution in [0.3, 0.4) is 0 Å². The summed E-state index contributed by atoms with van der Waals surface area (Å²) in [5.41, 5.74) is 0.914. The van der Waals surface area contributed by atoms with Gasteiger partial charge in [-0.2, -0.15) is 4.98 Å². The van der Waals surface area contributed by atoms with Crippen LogP contribution in [0.5, 0.6) is 0 Å². The summed E-state index contributed by atoms with van der Waals surface area (Å²) in [5, 5.41) is 7.74. The summed E-state index contributed by atoms with van der Waals surface area (Å²) < 4.78 is 1.78. The minimum absolute atomic E-state index is 0.0414. The Hall–Kier alpha value is -1.58. The average molecular weight is 218 g/mol. The molecule has 2 aromatic heterocycles. The number of hydrogen-bond acceptors (Lipinski definition) is 3. The molecule has 0 radical (unpaired) electrons. The number of nitrogens with zero attached hydrogens (tertiary/aromatic N) is 3. The van der Waals surface area contributed by atoms with E-state index in [1.165, 1.54) is 0 Å². The highest BCUT2D eigenvalue weighted by atomic mass is 15.4. The van der Waals surface area contributed by atoms with Crippen LogP contribution in [0, 0.1) is 0 Å². The molecule has 86 valence electrons. The lowest BCUT2D eigenvalue weighted by atomic mass is 9.99. The normalized spacial score (nSPS) is 11.9. The van der Waals surface area contributed by atoms with Crippen LogP contribution < -0.4 is 5.32 Å². The van der Waals surface area contributed by atoms with Crippen molar-refractivity contribution in [2.45, 2.75) is 39.2 Å². The van der Waals surface area contributed by atoms with Crippen LogP contribution in [-0.4, -0.2) is 20.1 Å². The molecule has 0 aliphatic heterocycles. The molecule has 0 saturated heterocycles. The maximum atomic E-state index is 4.42. The van der Waals surface area contributed by atoms with Crippen LogP contribution in [0.4, 0.5) is 5.95 Å². The number of aromatic nitrogens is 3. The molecule has 0 spiro atoms. The maximum absolute atomic E-state index is 4.42. The number of hydrogen-bond donors (Lipinski definition) is 1. The van der Waals surface area contributed by atoms with Crippen molar-refractivity contribution in [2.75, 3.05) is 5.32 Å². The zero-order valence-corrected chi connectivity index (χ0v) is 10.1. The summed E-state index contributed by atoms with van der Waals surface area (Å²) in [5.74, 6) is 0.699. The minimum Gasteiger partial charge on any atom is -0.348 e. The van der Waals surface area contributed by atoms with Gasteiger partial charge in [0.1, 0.15) is 0 Å². The molecule has 2 rings (SSSR count). The molecule has 0 aromatic carbocycles. The second-order valence-corrected chi connectivity index (χ2v) is 4.70. The highest BCUT2D eigenvalue weighted by Crippen LogP contribution is 2.17. The monoisotopic (exact) mass is 218 g/mol. The van der Waals surface area contributed by atoms with Crippen LogP contribution >= 0.6 is 0 Å². The Morgan fingerprint density at radius 2 is 2.19 bits per heavy atom. The Labute approximate surface area is 95.7 Å². The maximum Gasteiger partial charge on any atom is 0.243 e. The molecule has 0 saturated carbocycles. The fourth-order valence-electron chi connectivity index (χ4n) is 1.87. The van der Waals surface area contributed by atoms with Crippen LogP contribution in [0.1, 0.15) is 33.6 Å². The Balaban J connectivity index is 2.21. The third-order valence-electron chi connectivity index (χ3n) is 2.57. The summed E-state index contributed by atoms with van der Waals surface area (Å²) in [4.78, 5) is 4.42. The minimum atomic E-state index is 0.0414. The van der Waals surface area contributed by atoms with Crippen LogP contribution in [0.2, 0.25) is 0 Å². The van der Waals surface area contributed by atoms with E-state index >= 15 is 0 Å². The van der Waals surface area contributed by atoms with Gasteiger partial charge in [0.15, 0.2) is 5.65 Å². The molecule has 1 N–H and O–H groups in total. The van der Waals surface area contributed by atoms with E-state index in [0.29, 0.717) is 5.95 Å². The van der Waals surface area contributed by atoms with Gasteiger partial charge < -0.3 is 5.32 Å². The quantitative estimate of drug-likeness (QED) is 0.858. The van der Waals surface area contributed by atoms with E-state index < -0.39 is 0 Å². The highest BCUT2D eigenvalue weighted by Gasteiger charge is 2.18. The van der Waals surface area contributed by atoms with Crippen LogP contribution in [0.25, 0.3) is 5.65 Å². The van der Waals surface area contributed by atoms with Crippen molar-refractivity contribution >= 4 is 11.6 Å². The third-order valence-corrected chi connectivity index (χ3v) is 2.57. The number of nitrogens with one attached hydrogen (secondary N) is 1. The van der Waals surface area contributed by atoms with E-state index in [1.54, 1.807) is 4.52 Å². The molecule has 0 unspecified atom stereocenters. The van der Waals surface area contributed by atoms with Gasteiger partial charge in [0, 0.05) is 11.7 Å². The van der Waals surface area contributed by atoms with Gasteiger partial charge in [-0.1, -0.05) is 19.4 Å². The molecule has 2 heterocycles. The fourth-order valence-corrected chi connectivity index (χ4v) is 1.87. The molecular weight excluding hydrogens is 200 g/mol. The van der Waals surface area contributed by atoms with Gasteiger partial charge in [0.25, 0.3) is 0 Å². The van der Waals surface area contributed by atoms with Gasteiger partial charge in [-0.25, -0.2) is 4.52 Å². The first-order valence-electron chi connectivity index (χ1n) is 5.70. The molecule has 0 amide bonds. The number of fused-ring (bicyclic) bond motifs is 1. The standard InChI is InChI=1S/C12H18N4/c1-4-8-12(2,3)14-11-13-10-7-5-6-9-16(10)15-11/h5-7,9H,4,8H2,1-3H3,(H,14,15). The molecule has 4 heteroatoms. The lowest BCUT2D eigenvalue weighted by Crippen LogP contribution is -2.31. The van der Waals surface area contributed by atoms with E-state index in [0.717, 1.165) is 18.5 Å². The van der Waals surface area contributed by atoms with Gasteiger partial charge in [0.05, 0.1) is 0 Å². The molecule has 2 aromatic rings. The summed E-state index contributed by atoms with van der Waals surface area (Å²) in [6, 6.07) is 5.86. The fraction of sp³-hybridized carbons (Fsp3) is 0.500. The van der Waals surface area contributed by atoms with E-state index in [-0.39, 0.29) is 5.54 Å². The van der Waals surface area contributed by atoms with Crippen molar-refractivity contribution in [3.8, 4) is 0 Å². The van der Waals surface area contributed by atoms with Crippen molar-refractivity contribution in [1.29, 1.82) is 0 Å². The van der Waals surface area contributed by atoms with Crippen molar-refractivity contribution in [3.05, 3.63) is 24.4 Å². The first kappa shape index (κ1) is 10.9. The van der Waals surface area contributed by atoms with E-state index in [9.17, 15) is 0 Å². The summed E-state index contributed by atoms with van der Waals surface area (Å²) >= 11 is 0. The number of pyridine rings is 1. The zero-order valence-electron chi connectivity index (χ0n) is 10.1. The first-order valence-corrected chi connectivity index (χ1v) is 5.70. The Bertz CT molecular complexity index is 440. The first-order chi connectivity index (χ1) is 7.61. The lowest BCUT2D eigenvalue weighted by Gasteiger charge is -2.24. The second-order valence-electron chi connectivity index (χ2n) is 4.70. The van der Waals surface area contributed by atoms with Gasteiger partial charge >= 0.3 is 0 Å². The molecule has 0 fully saturated rings. The Kier molecular flexibility index (Phi) is 2.81. The topological polar surface area (TPSA) is 42.2 Å². The lowest BCUT2D eigenvalue weighted by molar-refractivity contribution is 0.507. The van der Waals surface area contributed by atoms with E-state index in [1.807, 2.05) is 24.4 Å². The number of rotatable bonds is 4. The zero-order chi connectivity index (χ0) is 11.6. The van der Waals surface area contributed by atoms with Crippen molar-refractivity contribution < 1.29 is 0 Å². The molecule has 0 aliphatic rings. The summed E-state index contributed by atoms with van der Waals surface area (Å²) in [6.45, 7) is 6.52. The van der Waals surface area contributed by atoms with Gasteiger partial charge in [-0.05, 0) is 32.4 Å². The summed E-state index contributed by atoms with van der Waals surface area (Å²) in [7, 11) is 0. The van der Waals surface area contributed by atoms with Crippen LogP contribution in [-0.2, 0) is 0 Å². The van der Waals surface area contributed by atoms with E-state index in [4.69, 9.17) is 0 Å². The molecular formula is C12H18N4. The molecule has 0 bridgehead atoms. The predicted molar refractivity (Wildman–Crippen MR) is 65.6 cm³/mol. The SMILES string of the molecule is CCCC(C)(C)Nc1nc2ccccn2n1. The van der Waals surface area contributed by atoms with Gasteiger partial charge in [0.2, 0.25) is 5.95 Å². The predicted octanol–water partition coefficient (Wildman–Crippen LogP) is 2.72. The van der Waals surface area contributed by atoms with Gasteiger partial charge in [-0.3, -0.25) is 0 Å². The van der Waals surface area contributed by atoms with Crippen LogP contribution in [0.15, 0.2) is 24.4 Å². The van der Waals surface area contributed by atoms with Crippen molar-refractivity contribution in [3.63, 3.8) is 0 Å². The Morgan fingerprint density at radius 3 is 2.88 bits per heavy atom.